The maximum atomic E-state index is 5.53. The van der Waals surface area contributed by atoms with Crippen LogP contribution in [-0.4, -0.2) is 29.2 Å². The molecule has 2 rings (SSSR count). The van der Waals surface area contributed by atoms with Gasteiger partial charge in [-0.15, -0.1) is 0 Å². The summed E-state index contributed by atoms with van der Waals surface area (Å²) >= 11 is 3.38. The number of anilines is 2. The number of hydrogen-bond acceptors (Lipinski definition) is 5. The molecule has 0 radical (unpaired) electrons. The lowest BCUT2D eigenvalue weighted by Crippen LogP contribution is -2.21. The summed E-state index contributed by atoms with van der Waals surface area (Å²) in [7, 11) is 0. The number of nitrogens with zero attached hydrogens (tertiary/aromatic N) is 2. The lowest BCUT2D eigenvalue weighted by Gasteiger charge is -2.15. The van der Waals surface area contributed by atoms with Crippen LogP contribution in [0.1, 0.15) is 13.3 Å². The van der Waals surface area contributed by atoms with E-state index in [2.05, 4.69) is 38.1 Å². The van der Waals surface area contributed by atoms with Gasteiger partial charge in [0.2, 0.25) is 5.95 Å². The van der Waals surface area contributed by atoms with Gasteiger partial charge in [0.25, 0.3) is 0 Å². The molecule has 16 heavy (non-hydrogen) atoms. The van der Waals surface area contributed by atoms with Crippen molar-refractivity contribution in [3.63, 3.8) is 0 Å². The third-order valence-corrected chi connectivity index (χ3v) is 3.41. The first-order chi connectivity index (χ1) is 7.66. The summed E-state index contributed by atoms with van der Waals surface area (Å²) in [6.45, 7) is 3.79. The number of nitrogens with two attached hydrogens (primary N) is 1. The van der Waals surface area contributed by atoms with E-state index in [1.165, 1.54) is 0 Å². The molecular formula is C10H15BrN4O. The van der Waals surface area contributed by atoms with Gasteiger partial charge in [0.05, 0.1) is 10.6 Å². The van der Waals surface area contributed by atoms with Gasteiger partial charge in [-0.3, -0.25) is 0 Å². The van der Waals surface area contributed by atoms with E-state index in [-0.39, 0.29) is 5.95 Å². The van der Waals surface area contributed by atoms with Gasteiger partial charge in [-0.25, -0.2) is 4.98 Å². The van der Waals surface area contributed by atoms with Gasteiger partial charge in [-0.05, 0) is 29.3 Å². The SMILES string of the molecule is CC1OCCC1CNc1nc(N)ncc1Br. The van der Waals surface area contributed by atoms with E-state index in [9.17, 15) is 0 Å². The molecule has 1 fully saturated rings. The predicted molar refractivity (Wildman–Crippen MR) is 66.2 cm³/mol. The molecule has 6 heteroatoms. The second-order valence-electron chi connectivity index (χ2n) is 3.93. The molecule has 5 nitrogen and oxygen atoms in total. The summed E-state index contributed by atoms with van der Waals surface area (Å²) in [4.78, 5) is 8.02. The van der Waals surface area contributed by atoms with Crippen molar-refractivity contribution >= 4 is 27.7 Å². The molecule has 2 atom stereocenters. The Morgan fingerprint density at radius 2 is 2.50 bits per heavy atom. The standard InChI is InChI=1S/C10H15BrN4O/c1-6-7(2-3-16-6)4-13-9-8(11)5-14-10(12)15-9/h5-7H,2-4H2,1H3,(H3,12,13,14,15). The van der Waals surface area contributed by atoms with Crippen molar-refractivity contribution < 1.29 is 4.74 Å². The molecule has 1 aromatic heterocycles. The number of hydrogen-bond donors (Lipinski definition) is 2. The topological polar surface area (TPSA) is 73.1 Å². The van der Waals surface area contributed by atoms with E-state index >= 15 is 0 Å². The second kappa shape index (κ2) is 4.97. The molecule has 0 bridgehead atoms. The molecule has 2 heterocycles. The van der Waals surface area contributed by atoms with Crippen molar-refractivity contribution in [3.05, 3.63) is 10.7 Å². The van der Waals surface area contributed by atoms with Gasteiger partial charge in [0.1, 0.15) is 5.82 Å². The number of ether oxygens (including phenoxy) is 1. The molecule has 3 N–H and O–H groups in total. The maximum absolute atomic E-state index is 5.53. The van der Waals surface area contributed by atoms with Crippen molar-refractivity contribution in [1.82, 2.24) is 9.97 Å². The van der Waals surface area contributed by atoms with Gasteiger partial charge in [-0.1, -0.05) is 0 Å². The fraction of sp³-hybridized carbons (Fsp3) is 0.600. The van der Waals surface area contributed by atoms with E-state index in [4.69, 9.17) is 10.5 Å². The first-order valence-corrected chi connectivity index (χ1v) is 6.09. The first kappa shape index (κ1) is 11.6. The fourth-order valence-corrected chi connectivity index (χ4v) is 2.11. The summed E-state index contributed by atoms with van der Waals surface area (Å²) < 4.78 is 6.33. The third-order valence-electron chi connectivity index (χ3n) is 2.83. The quantitative estimate of drug-likeness (QED) is 0.884. The average molecular weight is 287 g/mol. The molecule has 2 unspecified atom stereocenters. The molecule has 1 aromatic rings. The molecule has 1 aliphatic rings. The number of rotatable bonds is 3. The van der Waals surface area contributed by atoms with Gasteiger partial charge < -0.3 is 15.8 Å². The largest absolute Gasteiger partial charge is 0.378 e. The first-order valence-electron chi connectivity index (χ1n) is 5.30. The van der Waals surface area contributed by atoms with Gasteiger partial charge in [0, 0.05) is 25.3 Å². The van der Waals surface area contributed by atoms with Crippen LogP contribution in [0.2, 0.25) is 0 Å². The molecule has 1 saturated heterocycles. The van der Waals surface area contributed by atoms with E-state index in [1.54, 1.807) is 6.20 Å². The number of aromatic nitrogens is 2. The summed E-state index contributed by atoms with van der Waals surface area (Å²) in [6, 6.07) is 0. The summed E-state index contributed by atoms with van der Waals surface area (Å²) in [5.41, 5.74) is 5.53. The average Bonchev–Trinajstić information content (AvgIpc) is 2.66. The molecule has 88 valence electrons. The van der Waals surface area contributed by atoms with E-state index in [0.717, 1.165) is 29.9 Å². The molecule has 1 aliphatic heterocycles. The van der Waals surface area contributed by atoms with Crippen LogP contribution in [0.15, 0.2) is 10.7 Å². The maximum Gasteiger partial charge on any atom is 0.221 e. The van der Waals surface area contributed by atoms with Crippen LogP contribution in [0.5, 0.6) is 0 Å². The van der Waals surface area contributed by atoms with Gasteiger partial charge >= 0.3 is 0 Å². The monoisotopic (exact) mass is 286 g/mol. The van der Waals surface area contributed by atoms with Crippen molar-refractivity contribution in [2.45, 2.75) is 19.4 Å². The Balaban J connectivity index is 1.96. The zero-order valence-electron chi connectivity index (χ0n) is 9.11. The Hall–Kier alpha value is -0.880. The van der Waals surface area contributed by atoms with E-state index in [1.807, 2.05) is 0 Å². The fourth-order valence-electron chi connectivity index (χ4n) is 1.78. The molecule has 0 amide bonds. The Labute approximate surface area is 103 Å². The van der Waals surface area contributed by atoms with Crippen molar-refractivity contribution in [2.24, 2.45) is 5.92 Å². The molecule has 0 saturated carbocycles. The highest BCUT2D eigenvalue weighted by Crippen LogP contribution is 2.23. The smallest absolute Gasteiger partial charge is 0.221 e. The Kier molecular flexibility index (Phi) is 3.60. The van der Waals surface area contributed by atoms with Crippen LogP contribution >= 0.6 is 15.9 Å². The van der Waals surface area contributed by atoms with E-state index in [0.29, 0.717) is 12.0 Å². The zero-order chi connectivity index (χ0) is 11.5. The van der Waals surface area contributed by atoms with Crippen LogP contribution in [0.3, 0.4) is 0 Å². The molecular weight excluding hydrogens is 272 g/mol. The van der Waals surface area contributed by atoms with Crippen LogP contribution in [0, 0.1) is 5.92 Å². The van der Waals surface area contributed by atoms with Crippen LogP contribution in [-0.2, 0) is 4.74 Å². The lowest BCUT2D eigenvalue weighted by atomic mass is 10.0. The highest BCUT2D eigenvalue weighted by atomic mass is 79.9. The zero-order valence-corrected chi connectivity index (χ0v) is 10.7. The second-order valence-corrected chi connectivity index (χ2v) is 4.78. The third kappa shape index (κ3) is 2.62. The summed E-state index contributed by atoms with van der Waals surface area (Å²) in [5, 5.41) is 3.27. The number of halogens is 1. The van der Waals surface area contributed by atoms with Crippen LogP contribution in [0.4, 0.5) is 11.8 Å². The minimum absolute atomic E-state index is 0.279. The summed E-state index contributed by atoms with van der Waals surface area (Å²) in [5.74, 6) is 1.55. The van der Waals surface area contributed by atoms with Crippen molar-refractivity contribution in [3.8, 4) is 0 Å². The van der Waals surface area contributed by atoms with E-state index < -0.39 is 0 Å². The molecule has 0 aliphatic carbocycles. The minimum Gasteiger partial charge on any atom is -0.378 e. The Morgan fingerprint density at radius 1 is 1.69 bits per heavy atom. The lowest BCUT2D eigenvalue weighted by molar-refractivity contribution is 0.108. The normalized spacial score (nSPS) is 24.6. The van der Waals surface area contributed by atoms with Gasteiger partial charge in [-0.2, -0.15) is 4.98 Å². The highest BCUT2D eigenvalue weighted by molar-refractivity contribution is 9.10. The summed E-state index contributed by atoms with van der Waals surface area (Å²) in [6.07, 6.45) is 3.05. The highest BCUT2D eigenvalue weighted by Gasteiger charge is 2.24. The van der Waals surface area contributed by atoms with Crippen LogP contribution < -0.4 is 11.1 Å². The molecule has 0 aromatic carbocycles. The Bertz CT molecular complexity index is 374. The number of nitrogen functional groups attached to an aromatic ring is 1. The Morgan fingerprint density at radius 3 is 3.19 bits per heavy atom. The molecule has 0 spiro atoms. The van der Waals surface area contributed by atoms with Crippen molar-refractivity contribution in [2.75, 3.05) is 24.2 Å². The van der Waals surface area contributed by atoms with Crippen LogP contribution in [0.25, 0.3) is 0 Å². The van der Waals surface area contributed by atoms with Crippen molar-refractivity contribution in [1.29, 1.82) is 0 Å². The predicted octanol–water partition coefficient (Wildman–Crippen LogP) is 1.66. The number of nitrogens with one attached hydrogen (secondary N) is 1. The minimum atomic E-state index is 0.279. The van der Waals surface area contributed by atoms with Gasteiger partial charge in [0.15, 0.2) is 0 Å².